The summed E-state index contributed by atoms with van der Waals surface area (Å²) in [4.78, 5) is 0. The van der Waals surface area contributed by atoms with Gasteiger partial charge < -0.3 is 0 Å². The minimum atomic E-state index is -0.690. The van der Waals surface area contributed by atoms with Gasteiger partial charge in [-0.05, 0) is 17.7 Å². The van der Waals surface area contributed by atoms with E-state index in [-0.39, 0.29) is 10.1 Å². The first kappa shape index (κ1) is 13.6. The van der Waals surface area contributed by atoms with Gasteiger partial charge >= 0.3 is 0 Å². The van der Waals surface area contributed by atoms with Gasteiger partial charge in [-0.15, -0.1) is 0 Å². The third-order valence-electron chi connectivity index (χ3n) is 3.04. The summed E-state index contributed by atoms with van der Waals surface area (Å²) < 4.78 is 0. The van der Waals surface area contributed by atoms with Crippen LogP contribution in [0.25, 0.3) is 0 Å². The van der Waals surface area contributed by atoms with Gasteiger partial charge in [0.15, 0.2) is 0 Å². The van der Waals surface area contributed by atoms with Gasteiger partial charge in [-0.1, -0.05) is 35.5 Å². The average Bonchev–Trinajstić information content (AvgIpc) is 2.39. The summed E-state index contributed by atoms with van der Waals surface area (Å²) >= 11 is 6.73. The maximum absolute atomic E-state index is 9.24. The quantitative estimate of drug-likeness (QED) is 0.829. The summed E-state index contributed by atoms with van der Waals surface area (Å²) in [6.45, 7) is 0. The van der Waals surface area contributed by atoms with Crippen LogP contribution in [0.5, 0.6) is 0 Å². The summed E-state index contributed by atoms with van der Waals surface area (Å²) in [5, 5.41) is 34.9. The van der Waals surface area contributed by atoms with Crippen molar-refractivity contribution < 1.29 is 0 Å². The van der Waals surface area contributed by atoms with Crippen LogP contribution in [0, 0.1) is 45.3 Å². The van der Waals surface area contributed by atoms with Crippen molar-refractivity contribution in [3.63, 3.8) is 0 Å². The van der Waals surface area contributed by atoms with Gasteiger partial charge in [0, 0.05) is 10.9 Å². The highest BCUT2D eigenvalue weighted by Crippen LogP contribution is 2.42. The Kier molecular flexibility index (Phi) is 3.90. The average molecular weight is 289 g/mol. The molecule has 6 heteroatoms. The standard InChI is InChI=1S/C13H9ClN4S/c14-8-3-1-7(2-4-8)11-9(5-15)12(17)19-13(18)10(11)6-16/h1-4,9-11,17-18H. The highest BCUT2D eigenvalue weighted by atomic mass is 35.5. The van der Waals surface area contributed by atoms with E-state index in [9.17, 15) is 10.5 Å². The first-order valence-electron chi connectivity index (χ1n) is 5.48. The molecule has 0 saturated carbocycles. The Bertz CT molecular complexity index is 579. The van der Waals surface area contributed by atoms with E-state index in [1.54, 1.807) is 24.3 Å². The number of nitrogens with one attached hydrogen (secondary N) is 2. The van der Waals surface area contributed by atoms with E-state index in [1.165, 1.54) is 0 Å². The largest absolute Gasteiger partial charge is 0.297 e. The number of nitriles is 2. The second-order valence-corrected chi connectivity index (χ2v) is 5.64. The predicted octanol–water partition coefficient (Wildman–Crippen LogP) is 3.40. The Morgan fingerprint density at radius 2 is 1.47 bits per heavy atom. The zero-order chi connectivity index (χ0) is 14.0. The lowest BCUT2D eigenvalue weighted by atomic mass is 9.78. The third-order valence-corrected chi connectivity index (χ3v) is 4.24. The van der Waals surface area contributed by atoms with Gasteiger partial charge in [0.2, 0.25) is 0 Å². The molecule has 0 amide bonds. The van der Waals surface area contributed by atoms with Crippen LogP contribution in [0.4, 0.5) is 0 Å². The fraction of sp³-hybridized carbons (Fsp3) is 0.231. The van der Waals surface area contributed by atoms with Crippen LogP contribution in [-0.2, 0) is 0 Å². The van der Waals surface area contributed by atoms with E-state index in [0.717, 1.165) is 17.3 Å². The van der Waals surface area contributed by atoms with Crippen LogP contribution < -0.4 is 0 Å². The number of hydrogen-bond acceptors (Lipinski definition) is 5. The van der Waals surface area contributed by atoms with E-state index in [0.29, 0.717) is 5.02 Å². The lowest BCUT2D eigenvalue weighted by Crippen LogP contribution is -2.34. The molecule has 2 unspecified atom stereocenters. The molecule has 2 rings (SSSR count). The van der Waals surface area contributed by atoms with E-state index in [4.69, 9.17) is 22.4 Å². The third kappa shape index (κ3) is 2.49. The van der Waals surface area contributed by atoms with Crippen molar-refractivity contribution in [2.45, 2.75) is 5.92 Å². The van der Waals surface area contributed by atoms with Crippen LogP contribution in [-0.4, -0.2) is 10.1 Å². The first-order chi connectivity index (χ1) is 9.08. The normalized spacial score (nSPS) is 26.6. The van der Waals surface area contributed by atoms with Crippen molar-refractivity contribution in [2.24, 2.45) is 11.8 Å². The van der Waals surface area contributed by atoms with Crippen molar-refractivity contribution in [1.29, 1.82) is 21.3 Å². The summed E-state index contributed by atoms with van der Waals surface area (Å²) in [7, 11) is 0. The second-order valence-electron chi connectivity index (χ2n) is 4.12. The first-order valence-corrected chi connectivity index (χ1v) is 6.67. The van der Waals surface area contributed by atoms with Gasteiger partial charge in [0.25, 0.3) is 0 Å². The molecular weight excluding hydrogens is 280 g/mol. The Balaban J connectivity index is 2.50. The number of thioether (sulfide) groups is 1. The molecule has 1 saturated heterocycles. The molecule has 0 spiro atoms. The van der Waals surface area contributed by atoms with Gasteiger partial charge in [-0.2, -0.15) is 10.5 Å². The lowest BCUT2D eigenvalue weighted by Gasteiger charge is -2.31. The van der Waals surface area contributed by atoms with E-state index in [1.807, 2.05) is 0 Å². The van der Waals surface area contributed by atoms with E-state index in [2.05, 4.69) is 12.1 Å². The van der Waals surface area contributed by atoms with E-state index < -0.39 is 17.8 Å². The molecule has 19 heavy (non-hydrogen) atoms. The number of nitrogens with zero attached hydrogens (tertiary/aromatic N) is 2. The summed E-state index contributed by atoms with van der Waals surface area (Å²) in [6, 6.07) is 11.0. The molecule has 1 heterocycles. The predicted molar refractivity (Wildman–Crippen MR) is 75.4 cm³/mol. The van der Waals surface area contributed by atoms with Crippen molar-refractivity contribution >= 4 is 33.5 Å². The molecule has 2 N–H and O–H groups in total. The van der Waals surface area contributed by atoms with Gasteiger partial charge in [0.1, 0.15) is 11.8 Å². The SMILES string of the molecule is N#CC1C(=N)SC(=N)C(C#N)C1c1ccc(Cl)cc1. The zero-order valence-corrected chi connectivity index (χ0v) is 11.3. The molecule has 0 radical (unpaired) electrons. The van der Waals surface area contributed by atoms with Crippen LogP contribution in [0.3, 0.4) is 0 Å². The number of hydrogen-bond donors (Lipinski definition) is 2. The summed E-state index contributed by atoms with van der Waals surface area (Å²) in [5.74, 6) is -1.86. The molecule has 1 aliphatic heterocycles. The molecule has 0 aromatic heterocycles. The highest BCUT2D eigenvalue weighted by Gasteiger charge is 2.42. The smallest absolute Gasteiger partial charge is 0.103 e. The molecule has 2 atom stereocenters. The molecule has 0 aliphatic carbocycles. The van der Waals surface area contributed by atoms with Gasteiger partial charge in [-0.3, -0.25) is 10.8 Å². The molecule has 4 nitrogen and oxygen atoms in total. The number of rotatable bonds is 1. The topological polar surface area (TPSA) is 95.3 Å². The molecule has 1 aromatic carbocycles. The molecule has 94 valence electrons. The maximum atomic E-state index is 9.24. The zero-order valence-electron chi connectivity index (χ0n) is 9.72. The van der Waals surface area contributed by atoms with Crippen molar-refractivity contribution in [3.05, 3.63) is 34.9 Å². The van der Waals surface area contributed by atoms with Crippen LogP contribution in [0.15, 0.2) is 24.3 Å². The summed E-state index contributed by atoms with van der Waals surface area (Å²) in [5.41, 5.74) is 0.761. The van der Waals surface area contributed by atoms with Crippen molar-refractivity contribution in [2.75, 3.05) is 0 Å². The summed E-state index contributed by atoms with van der Waals surface area (Å²) in [6.07, 6.45) is 0. The van der Waals surface area contributed by atoms with Crippen molar-refractivity contribution in [1.82, 2.24) is 0 Å². The lowest BCUT2D eigenvalue weighted by molar-refractivity contribution is 0.577. The number of benzene rings is 1. The fourth-order valence-corrected chi connectivity index (χ4v) is 3.13. The van der Waals surface area contributed by atoms with Crippen LogP contribution in [0.1, 0.15) is 11.5 Å². The highest BCUT2D eigenvalue weighted by molar-refractivity contribution is 8.26. The molecule has 1 fully saturated rings. The monoisotopic (exact) mass is 288 g/mol. The molecule has 1 aromatic rings. The minimum absolute atomic E-state index is 0.124. The Morgan fingerprint density at radius 3 is 1.89 bits per heavy atom. The molecular formula is C13H9ClN4S. The van der Waals surface area contributed by atoms with Gasteiger partial charge in [-0.25, -0.2) is 0 Å². The Morgan fingerprint density at radius 1 is 1.00 bits per heavy atom. The Hall–Kier alpha value is -1.82. The Labute approximate surface area is 120 Å². The fourth-order valence-electron chi connectivity index (χ4n) is 2.11. The van der Waals surface area contributed by atoms with Crippen LogP contribution >= 0.6 is 23.4 Å². The number of halogens is 1. The molecule has 1 aliphatic rings. The molecule has 0 bridgehead atoms. The maximum Gasteiger partial charge on any atom is 0.103 e. The van der Waals surface area contributed by atoms with Crippen molar-refractivity contribution in [3.8, 4) is 12.1 Å². The van der Waals surface area contributed by atoms with Crippen LogP contribution in [0.2, 0.25) is 5.02 Å². The second kappa shape index (κ2) is 5.44. The minimum Gasteiger partial charge on any atom is -0.297 e. The van der Waals surface area contributed by atoms with E-state index >= 15 is 0 Å². The van der Waals surface area contributed by atoms with Gasteiger partial charge in [0.05, 0.1) is 22.2 Å².